The third-order valence-electron chi connectivity index (χ3n) is 3.42. The fraction of sp³-hybridized carbons (Fsp3) is 0.846. The molecule has 0 spiro atoms. The van der Waals surface area contributed by atoms with Crippen LogP contribution in [0.1, 0.15) is 39.0 Å². The minimum Gasteiger partial charge on any atom is -0.481 e. The fourth-order valence-corrected chi connectivity index (χ4v) is 2.91. The number of aliphatic carboxylic acids is 1. The van der Waals surface area contributed by atoms with Crippen LogP contribution in [0.25, 0.3) is 0 Å². The molecule has 1 aliphatic rings. The molecule has 0 atom stereocenters. The third kappa shape index (κ3) is 5.29. The van der Waals surface area contributed by atoms with Gasteiger partial charge in [-0.1, -0.05) is 6.92 Å². The Morgan fingerprint density at radius 2 is 1.83 bits per heavy atom. The van der Waals surface area contributed by atoms with E-state index in [0.29, 0.717) is 25.7 Å². The van der Waals surface area contributed by atoms with Crippen LogP contribution in [0, 0.1) is 11.8 Å². The molecule has 0 aliphatic heterocycles. The predicted octanol–water partition coefficient (Wildman–Crippen LogP) is 2.14. The Balaban J connectivity index is 2.14. The van der Waals surface area contributed by atoms with Crippen molar-refractivity contribution in [3.63, 3.8) is 0 Å². The topological polar surface area (TPSA) is 66.4 Å². The quantitative estimate of drug-likeness (QED) is 0.697. The molecule has 18 heavy (non-hydrogen) atoms. The van der Waals surface area contributed by atoms with Gasteiger partial charge in [-0.25, -0.2) is 0 Å². The van der Waals surface area contributed by atoms with E-state index in [0.717, 1.165) is 24.5 Å². The highest BCUT2D eigenvalue weighted by atomic mass is 32.2. The molecular weight excluding hydrogens is 250 g/mol. The molecule has 2 N–H and O–H groups in total. The smallest absolute Gasteiger partial charge is 0.306 e. The molecule has 5 heteroatoms. The van der Waals surface area contributed by atoms with Crippen LogP contribution in [0.15, 0.2) is 0 Å². The van der Waals surface area contributed by atoms with E-state index in [9.17, 15) is 9.59 Å². The Labute approximate surface area is 113 Å². The van der Waals surface area contributed by atoms with Crippen LogP contribution in [0.5, 0.6) is 0 Å². The summed E-state index contributed by atoms with van der Waals surface area (Å²) in [5.74, 6) is 1.38. The van der Waals surface area contributed by atoms with Crippen LogP contribution >= 0.6 is 11.8 Å². The van der Waals surface area contributed by atoms with E-state index in [1.807, 2.05) is 11.8 Å². The molecule has 1 saturated carbocycles. The number of carboxylic acid groups (broad SMARTS) is 1. The highest BCUT2D eigenvalue weighted by Gasteiger charge is 2.29. The third-order valence-corrected chi connectivity index (χ3v) is 4.40. The fourth-order valence-electron chi connectivity index (χ4n) is 2.28. The highest BCUT2D eigenvalue weighted by molar-refractivity contribution is 7.99. The molecule has 0 radical (unpaired) electrons. The van der Waals surface area contributed by atoms with E-state index in [2.05, 4.69) is 12.2 Å². The zero-order chi connectivity index (χ0) is 13.4. The number of carbonyl (C=O) groups excluding carboxylic acids is 1. The first-order chi connectivity index (χ1) is 8.65. The van der Waals surface area contributed by atoms with Crippen molar-refractivity contribution in [3.05, 3.63) is 0 Å². The molecule has 0 aromatic rings. The van der Waals surface area contributed by atoms with Crippen LogP contribution in [0.2, 0.25) is 0 Å². The molecule has 4 nitrogen and oxygen atoms in total. The molecule has 1 fully saturated rings. The van der Waals surface area contributed by atoms with Gasteiger partial charge in [0.15, 0.2) is 0 Å². The second kappa shape index (κ2) is 8.40. The first kappa shape index (κ1) is 15.3. The zero-order valence-corrected chi connectivity index (χ0v) is 11.8. The zero-order valence-electron chi connectivity index (χ0n) is 11.0. The standard InChI is InChI=1S/C13H23NO3S/c1-2-18-9-3-8-14-12(15)10-4-6-11(7-5-10)13(16)17/h10-11H,2-9H2,1H3,(H,14,15)(H,16,17). The van der Waals surface area contributed by atoms with Crippen LogP contribution in [0.4, 0.5) is 0 Å². The first-order valence-corrected chi connectivity index (χ1v) is 7.88. The molecule has 0 unspecified atom stereocenters. The number of nitrogens with one attached hydrogen (secondary N) is 1. The lowest BCUT2D eigenvalue weighted by Gasteiger charge is -2.25. The van der Waals surface area contributed by atoms with E-state index in [-0.39, 0.29) is 17.7 Å². The monoisotopic (exact) mass is 273 g/mol. The van der Waals surface area contributed by atoms with Crippen LogP contribution in [-0.2, 0) is 9.59 Å². The normalized spacial score (nSPS) is 23.6. The van der Waals surface area contributed by atoms with E-state index < -0.39 is 5.97 Å². The summed E-state index contributed by atoms with van der Waals surface area (Å²) in [6.45, 7) is 2.87. The first-order valence-electron chi connectivity index (χ1n) is 6.73. The Kier molecular flexibility index (Phi) is 7.16. The summed E-state index contributed by atoms with van der Waals surface area (Å²) in [7, 11) is 0. The predicted molar refractivity (Wildman–Crippen MR) is 73.7 cm³/mol. The van der Waals surface area contributed by atoms with E-state index in [4.69, 9.17) is 5.11 Å². The van der Waals surface area contributed by atoms with Gasteiger partial charge in [-0.05, 0) is 43.6 Å². The lowest BCUT2D eigenvalue weighted by atomic mass is 9.81. The van der Waals surface area contributed by atoms with Crippen molar-refractivity contribution < 1.29 is 14.7 Å². The van der Waals surface area contributed by atoms with Crippen molar-refractivity contribution in [3.8, 4) is 0 Å². The van der Waals surface area contributed by atoms with Crippen LogP contribution in [0.3, 0.4) is 0 Å². The van der Waals surface area contributed by atoms with Crippen molar-refractivity contribution in [2.24, 2.45) is 11.8 Å². The molecule has 0 heterocycles. The number of hydrogen-bond acceptors (Lipinski definition) is 3. The molecule has 0 bridgehead atoms. The van der Waals surface area contributed by atoms with Gasteiger partial charge in [0.2, 0.25) is 5.91 Å². The molecule has 0 saturated heterocycles. The molecule has 1 rings (SSSR count). The van der Waals surface area contributed by atoms with Gasteiger partial charge in [-0.3, -0.25) is 9.59 Å². The molecule has 1 aliphatic carbocycles. The molecule has 104 valence electrons. The second-order valence-corrected chi connectivity index (χ2v) is 6.12. The molecule has 1 amide bonds. The van der Waals surface area contributed by atoms with Crippen molar-refractivity contribution in [1.82, 2.24) is 5.32 Å². The van der Waals surface area contributed by atoms with Gasteiger partial charge >= 0.3 is 5.97 Å². The summed E-state index contributed by atoms with van der Waals surface area (Å²) in [5, 5.41) is 11.8. The minimum absolute atomic E-state index is 0.0272. The van der Waals surface area contributed by atoms with E-state index >= 15 is 0 Å². The van der Waals surface area contributed by atoms with E-state index in [1.54, 1.807) is 0 Å². The summed E-state index contributed by atoms with van der Waals surface area (Å²) in [6, 6.07) is 0. The van der Waals surface area contributed by atoms with Gasteiger partial charge in [0, 0.05) is 12.5 Å². The largest absolute Gasteiger partial charge is 0.481 e. The van der Waals surface area contributed by atoms with Crippen molar-refractivity contribution >= 4 is 23.6 Å². The maximum absolute atomic E-state index is 11.8. The average Bonchev–Trinajstić information content (AvgIpc) is 2.38. The van der Waals surface area contributed by atoms with Gasteiger partial charge in [0.05, 0.1) is 5.92 Å². The van der Waals surface area contributed by atoms with Gasteiger partial charge in [0.25, 0.3) is 0 Å². The molecule has 0 aromatic carbocycles. The summed E-state index contributed by atoms with van der Waals surface area (Å²) in [5.41, 5.74) is 0. The lowest BCUT2D eigenvalue weighted by Crippen LogP contribution is -2.35. The highest BCUT2D eigenvalue weighted by Crippen LogP contribution is 2.28. The number of amides is 1. The summed E-state index contributed by atoms with van der Waals surface area (Å²) in [4.78, 5) is 22.6. The van der Waals surface area contributed by atoms with Crippen LogP contribution < -0.4 is 5.32 Å². The maximum Gasteiger partial charge on any atom is 0.306 e. The van der Waals surface area contributed by atoms with Crippen molar-refractivity contribution in [1.29, 1.82) is 0 Å². The summed E-state index contributed by atoms with van der Waals surface area (Å²) in [6.07, 6.45) is 3.71. The van der Waals surface area contributed by atoms with Gasteiger partial charge in [-0.2, -0.15) is 11.8 Å². The van der Waals surface area contributed by atoms with Crippen molar-refractivity contribution in [2.75, 3.05) is 18.1 Å². The van der Waals surface area contributed by atoms with Gasteiger partial charge in [-0.15, -0.1) is 0 Å². The summed E-state index contributed by atoms with van der Waals surface area (Å²) >= 11 is 1.88. The Bertz CT molecular complexity index is 275. The maximum atomic E-state index is 11.8. The van der Waals surface area contributed by atoms with Crippen LogP contribution in [-0.4, -0.2) is 35.0 Å². The Morgan fingerprint density at radius 3 is 2.39 bits per heavy atom. The van der Waals surface area contributed by atoms with Gasteiger partial charge < -0.3 is 10.4 Å². The molecule has 0 aromatic heterocycles. The average molecular weight is 273 g/mol. The summed E-state index contributed by atoms with van der Waals surface area (Å²) < 4.78 is 0. The Hall–Kier alpha value is -0.710. The van der Waals surface area contributed by atoms with Gasteiger partial charge in [0.1, 0.15) is 0 Å². The number of thioether (sulfide) groups is 1. The minimum atomic E-state index is -0.717. The lowest BCUT2D eigenvalue weighted by molar-refractivity contribution is -0.144. The van der Waals surface area contributed by atoms with E-state index in [1.165, 1.54) is 0 Å². The molecular formula is C13H23NO3S. The Morgan fingerprint density at radius 1 is 1.22 bits per heavy atom. The number of rotatable bonds is 7. The second-order valence-electron chi connectivity index (χ2n) is 4.73. The van der Waals surface area contributed by atoms with Crippen molar-refractivity contribution in [2.45, 2.75) is 39.0 Å². The number of carbonyl (C=O) groups is 2. The number of hydrogen-bond donors (Lipinski definition) is 2. The SMILES string of the molecule is CCSCCCNC(=O)C1CCC(C(=O)O)CC1. The number of carboxylic acids is 1.